The maximum Gasteiger partial charge on any atom is 0.347 e. The molecule has 3 aromatic rings. The SMILES string of the molecule is C=CCOc1ccc(-c2nc3cc(C4=NCCO4)ccc3c(=O)o2)cc1. The van der Waals surface area contributed by atoms with Gasteiger partial charge < -0.3 is 13.9 Å². The quantitative estimate of drug-likeness (QED) is 0.662. The van der Waals surface area contributed by atoms with E-state index in [0.717, 1.165) is 5.56 Å². The zero-order valence-electron chi connectivity index (χ0n) is 14.0. The Morgan fingerprint density at radius 2 is 1.96 bits per heavy atom. The Labute approximate surface area is 149 Å². The molecule has 4 rings (SSSR count). The van der Waals surface area contributed by atoms with Crippen molar-refractivity contribution < 1.29 is 13.9 Å². The highest BCUT2D eigenvalue weighted by atomic mass is 16.5. The van der Waals surface area contributed by atoms with Crippen LogP contribution in [0.15, 0.2) is 69.3 Å². The predicted molar refractivity (Wildman–Crippen MR) is 98.8 cm³/mol. The lowest BCUT2D eigenvalue weighted by Gasteiger charge is -2.06. The number of aliphatic imine (C=N–C) groups is 1. The third kappa shape index (κ3) is 3.09. The average molecular weight is 348 g/mol. The second kappa shape index (κ2) is 6.84. The van der Waals surface area contributed by atoms with Crippen LogP contribution in [0, 0.1) is 0 Å². The first-order valence-electron chi connectivity index (χ1n) is 8.21. The van der Waals surface area contributed by atoms with Gasteiger partial charge in [0.2, 0.25) is 11.8 Å². The number of rotatable bonds is 5. The van der Waals surface area contributed by atoms with E-state index < -0.39 is 5.63 Å². The van der Waals surface area contributed by atoms with Crippen molar-refractivity contribution in [2.75, 3.05) is 19.8 Å². The van der Waals surface area contributed by atoms with E-state index in [1.165, 1.54) is 0 Å². The van der Waals surface area contributed by atoms with Crippen LogP contribution in [0.4, 0.5) is 0 Å². The summed E-state index contributed by atoms with van der Waals surface area (Å²) in [7, 11) is 0. The van der Waals surface area contributed by atoms with Crippen molar-refractivity contribution in [1.82, 2.24) is 4.98 Å². The molecule has 0 unspecified atom stereocenters. The Bertz CT molecular complexity index is 1050. The maximum absolute atomic E-state index is 12.3. The van der Waals surface area contributed by atoms with Crippen LogP contribution in [0.1, 0.15) is 5.56 Å². The zero-order valence-corrected chi connectivity index (χ0v) is 14.0. The Hall–Kier alpha value is -3.41. The van der Waals surface area contributed by atoms with E-state index in [0.29, 0.717) is 47.9 Å². The van der Waals surface area contributed by atoms with Gasteiger partial charge in [-0.3, -0.25) is 0 Å². The van der Waals surface area contributed by atoms with Crippen LogP contribution >= 0.6 is 0 Å². The van der Waals surface area contributed by atoms with Crippen molar-refractivity contribution in [3.63, 3.8) is 0 Å². The number of nitrogens with zero attached hydrogens (tertiary/aromatic N) is 2. The molecular formula is C20H16N2O4. The lowest BCUT2D eigenvalue weighted by atomic mass is 10.1. The lowest BCUT2D eigenvalue weighted by molar-refractivity contribution is 0.348. The predicted octanol–water partition coefficient (Wildman–Crippen LogP) is 3.20. The van der Waals surface area contributed by atoms with Gasteiger partial charge in [-0.05, 0) is 42.5 Å². The number of fused-ring (bicyclic) bond motifs is 1. The summed E-state index contributed by atoms with van der Waals surface area (Å²) in [6, 6.07) is 12.4. The molecule has 1 aromatic heterocycles. The van der Waals surface area contributed by atoms with Crippen LogP contribution in [0.25, 0.3) is 22.4 Å². The van der Waals surface area contributed by atoms with Gasteiger partial charge in [-0.15, -0.1) is 0 Å². The molecule has 6 nitrogen and oxygen atoms in total. The maximum atomic E-state index is 12.3. The smallest absolute Gasteiger partial charge is 0.347 e. The van der Waals surface area contributed by atoms with Gasteiger partial charge in [0.15, 0.2) is 0 Å². The fourth-order valence-electron chi connectivity index (χ4n) is 2.69. The van der Waals surface area contributed by atoms with Crippen molar-refractivity contribution in [2.45, 2.75) is 0 Å². The van der Waals surface area contributed by atoms with Crippen molar-refractivity contribution >= 4 is 16.8 Å². The van der Waals surface area contributed by atoms with Gasteiger partial charge in [0.05, 0.1) is 17.4 Å². The second-order valence-corrected chi connectivity index (χ2v) is 5.70. The molecule has 26 heavy (non-hydrogen) atoms. The summed E-state index contributed by atoms with van der Waals surface area (Å²) in [6.45, 7) is 5.26. The van der Waals surface area contributed by atoms with Gasteiger partial charge in [-0.2, -0.15) is 0 Å². The van der Waals surface area contributed by atoms with Gasteiger partial charge in [0, 0.05) is 11.1 Å². The van der Waals surface area contributed by atoms with E-state index in [2.05, 4.69) is 16.6 Å². The first-order chi connectivity index (χ1) is 12.7. The van der Waals surface area contributed by atoms with Gasteiger partial charge in [0.1, 0.15) is 19.0 Å². The molecule has 0 aliphatic carbocycles. The fraction of sp³-hybridized carbons (Fsp3) is 0.150. The minimum Gasteiger partial charge on any atom is -0.490 e. The molecule has 0 spiro atoms. The molecule has 0 saturated heterocycles. The Kier molecular flexibility index (Phi) is 4.23. The lowest BCUT2D eigenvalue weighted by Crippen LogP contribution is -2.06. The van der Waals surface area contributed by atoms with Gasteiger partial charge >= 0.3 is 5.63 Å². The van der Waals surface area contributed by atoms with E-state index in [9.17, 15) is 4.79 Å². The molecule has 0 N–H and O–H groups in total. The van der Waals surface area contributed by atoms with Gasteiger partial charge in [-0.25, -0.2) is 14.8 Å². The van der Waals surface area contributed by atoms with Gasteiger partial charge in [0.25, 0.3) is 0 Å². The molecule has 2 aromatic carbocycles. The first-order valence-corrected chi connectivity index (χ1v) is 8.21. The van der Waals surface area contributed by atoms with E-state index in [1.54, 1.807) is 48.5 Å². The third-order valence-corrected chi connectivity index (χ3v) is 3.93. The number of ether oxygens (including phenoxy) is 2. The number of benzene rings is 2. The normalized spacial score (nSPS) is 13.3. The summed E-state index contributed by atoms with van der Waals surface area (Å²) in [5, 5.41) is 0.419. The summed E-state index contributed by atoms with van der Waals surface area (Å²) < 4.78 is 16.3. The highest BCUT2D eigenvalue weighted by Crippen LogP contribution is 2.22. The minimum atomic E-state index is -0.433. The molecule has 1 aliphatic heterocycles. The average Bonchev–Trinajstić information content (AvgIpc) is 3.21. The zero-order chi connectivity index (χ0) is 17.9. The highest BCUT2D eigenvalue weighted by molar-refractivity contribution is 5.98. The number of aromatic nitrogens is 1. The molecule has 0 fully saturated rings. The molecule has 6 heteroatoms. The summed E-state index contributed by atoms with van der Waals surface area (Å²) in [6.07, 6.45) is 1.67. The summed E-state index contributed by atoms with van der Waals surface area (Å²) in [5.74, 6) is 1.53. The van der Waals surface area contributed by atoms with Crippen LogP contribution in [-0.2, 0) is 4.74 Å². The largest absolute Gasteiger partial charge is 0.490 e. The third-order valence-electron chi connectivity index (χ3n) is 3.93. The molecule has 0 bridgehead atoms. The van der Waals surface area contributed by atoms with Crippen LogP contribution in [0.2, 0.25) is 0 Å². The van der Waals surface area contributed by atoms with Crippen LogP contribution < -0.4 is 10.4 Å². The number of hydrogen-bond acceptors (Lipinski definition) is 6. The first kappa shape index (κ1) is 16.1. The fourth-order valence-corrected chi connectivity index (χ4v) is 2.69. The monoisotopic (exact) mass is 348 g/mol. The van der Waals surface area contributed by atoms with Crippen molar-refractivity contribution in [3.8, 4) is 17.2 Å². The minimum absolute atomic E-state index is 0.254. The van der Waals surface area contributed by atoms with Crippen molar-refractivity contribution in [3.05, 3.63) is 71.1 Å². The van der Waals surface area contributed by atoms with E-state index in [4.69, 9.17) is 13.9 Å². The van der Waals surface area contributed by atoms with E-state index in [-0.39, 0.29) is 5.89 Å². The molecule has 0 atom stereocenters. The topological polar surface area (TPSA) is 73.9 Å². The Balaban J connectivity index is 1.73. The molecule has 0 radical (unpaired) electrons. The summed E-state index contributed by atoms with van der Waals surface area (Å²) in [5.41, 5.74) is 1.60. The Morgan fingerprint density at radius 1 is 1.15 bits per heavy atom. The van der Waals surface area contributed by atoms with Gasteiger partial charge in [-0.1, -0.05) is 12.7 Å². The molecule has 0 saturated carbocycles. The molecular weight excluding hydrogens is 332 g/mol. The summed E-state index contributed by atoms with van der Waals surface area (Å²) in [4.78, 5) is 21.1. The van der Waals surface area contributed by atoms with Crippen molar-refractivity contribution in [1.29, 1.82) is 0 Å². The standard InChI is InChI=1S/C20H16N2O4/c1-2-10-24-15-6-3-13(4-7-15)19-22-17-12-14(18-21-9-11-25-18)5-8-16(17)20(23)26-19/h2-8,12H,1,9-11H2. The summed E-state index contributed by atoms with van der Waals surface area (Å²) >= 11 is 0. The van der Waals surface area contributed by atoms with Crippen LogP contribution in [-0.4, -0.2) is 30.6 Å². The molecule has 130 valence electrons. The van der Waals surface area contributed by atoms with Crippen molar-refractivity contribution in [2.24, 2.45) is 4.99 Å². The second-order valence-electron chi connectivity index (χ2n) is 5.70. The Morgan fingerprint density at radius 3 is 2.69 bits per heavy atom. The molecule has 2 heterocycles. The van der Waals surface area contributed by atoms with Crippen LogP contribution in [0.3, 0.4) is 0 Å². The van der Waals surface area contributed by atoms with E-state index in [1.807, 2.05) is 0 Å². The molecule has 0 amide bonds. The van der Waals surface area contributed by atoms with Crippen LogP contribution in [0.5, 0.6) is 5.75 Å². The molecule has 1 aliphatic rings. The number of hydrogen-bond donors (Lipinski definition) is 0. The van der Waals surface area contributed by atoms with E-state index >= 15 is 0 Å². The highest BCUT2D eigenvalue weighted by Gasteiger charge is 2.14.